The minimum atomic E-state index is -0.224. The topological polar surface area (TPSA) is 20.2 Å². The second-order valence-corrected chi connectivity index (χ2v) is 5.03. The smallest absolute Gasteiger partial charge is 0.0650 e. The van der Waals surface area contributed by atoms with Gasteiger partial charge in [-0.3, -0.25) is 0 Å². The van der Waals surface area contributed by atoms with Crippen molar-refractivity contribution in [1.29, 1.82) is 0 Å². The van der Waals surface area contributed by atoms with Gasteiger partial charge in [-0.2, -0.15) is 0 Å². The Morgan fingerprint density at radius 2 is 1.86 bits per heavy atom. The normalized spacial score (nSPS) is 20.8. The van der Waals surface area contributed by atoms with Crippen LogP contribution >= 0.6 is 0 Å². The number of hydrogen-bond acceptors (Lipinski definition) is 1. The number of hydrogen-bond donors (Lipinski definition) is 1. The van der Waals surface area contributed by atoms with Crippen LogP contribution in [0.25, 0.3) is 0 Å². The van der Waals surface area contributed by atoms with Crippen LogP contribution < -0.4 is 0 Å². The van der Waals surface area contributed by atoms with Crippen molar-refractivity contribution in [2.75, 3.05) is 0 Å². The van der Waals surface area contributed by atoms with Crippen LogP contribution in [0.1, 0.15) is 71.6 Å². The summed E-state index contributed by atoms with van der Waals surface area (Å²) in [6, 6.07) is 0. The van der Waals surface area contributed by atoms with Gasteiger partial charge >= 0.3 is 0 Å². The third kappa shape index (κ3) is 4.45. The van der Waals surface area contributed by atoms with Gasteiger partial charge in [-0.05, 0) is 31.6 Å². The van der Waals surface area contributed by atoms with Gasteiger partial charge in [0.15, 0.2) is 0 Å². The quantitative estimate of drug-likeness (QED) is 0.586. The Morgan fingerprint density at radius 1 is 1.14 bits per heavy atom. The fourth-order valence-corrected chi connectivity index (χ4v) is 2.10. The molecule has 0 radical (unpaired) electrons. The summed E-state index contributed by atoms with van der Waals surface area (Å²) in [5.41, 5.74) is -0.224. The maximum absolute atomic E-state index is 9.74. The van der Waals surface area contributed by atoms with Gasteiger partial charge < -0.3 is 5.11 Å². The second-order valence-electron chi connectivity index (χ2n) is 5.03. The van der Waals surface area contributed by atoms with Gasteiger partial charge in [0.05, 0.1) is 5.60 Å². The molecule has 1 saturated carbocycles. The first kappa shape index (κ1) is 12.0. The minimum absolute atomic E-state index is 0.224. The van der Waals surface area contributed by atoms with Crippen LogP contribution in [0, 0.1) is 5.92 Å². The predicted octanol–water partition coefficient (Wildman–Crippen LogP) is 3.90. The Bertz CT molecular complexity index is 149. The summed E-state index contributed by atoms with van der Waals surface area (Å²) in [7, 11) is 0. The van der Waals surface area contributed by atoms with E-state index in [9.17, 15) is 5.11 Å². The molecule has 84 valence electrons. The van der Waals surface area contributed by atoms with Crippen molar-refractivity contribution in [3.63, 3.8) is 0 Å². The zero-order valence-corrected chi connectivity index (χ0v) is 9.89. The number of aliphatic hydroxyl groups is 1. The largest absolute Gasteiger partial charge is 0.390 e. The van der Waals surface area contributed by atoms with Crippen molar-refractivity contribution in [3.8, 4) is 0 Å². The zero-order chi connectivity index (χ0) is 10.4. The maximum Gasteiger partial charge on any atom is 0.0650 e. The fraction of sp³-hybridized carbons (Fsp3) is 1.00. The van der Waals surface area contributed by atoms with E-state index in [2.05, 4.69) is 13.8 Å². The molecule has 0 aromatic heterocycles. The molecule has 1 N–H and O–H groups in total. The van der Waals surface area contributed by atoms with Gasteiger partial charge in [0.25, 0.3) is 0 Å². The van der Waals surface area contributed by atoms with Crippen molar-refractivity contribution in [2.24, 2.45) is 5.92 Å². The molecule has 1 aliphatic carbocycles. The molecule has 1 fully saturated rings. The van der Waals surface area contributed by atoms with E-state index in [1.165, 1.54) is 38.5 Å². The zero-order valence-electron chi connectivity index (χ0n) is 9.89. The summed E-state index contributed by atoms with van der Waals surface area (Å²) in [4.78, 5) is 0. The van der Waals surface area contributed by atoms with E-state index < -0.39 is 0 Å². The molecule has 1 heteroatoms. The van der Waals surface area contributed by atoms with Crippen LogP contribution in [-0.2, 0) is 0 Å². The van der Waals surface area contributed by atoms with E-state index in [0.29, 0.717) is 0 Å². The lowest BCUT2D eigenvalue weighted by Crippen LogP contribution is -2.10. The first-order valence-corrected chi connectivity index (χ1v) is 6.42. The van der Waals surface area contributed by atoms with Crippen molar-refractivity contribution < 1.29 is 5.11 Å². The Kier molecular flexibility index (Phi) is 4.94. The fourth-order valence-electron chi connectivity index (χ4n) is 2.10. The Hall–Kier alpha value is -0.0400. The lowest BCUT2D eigenvalue weighted by atomic mass is 9.92. The highest BCUT2D eigenvalue weighted by Gasteiger charge is 2.39. The molecule has 14 heavy (non-hydrogen) atoms. The number of unbranched alkanes of at least 4 members (excludes halogenated alkanes) is 2. The first-order chi connectivity index (χ1) is 6.70. The molecule has 1 nitrogen and oxygen atoms in total. The van der Waals surface area contributed by atoms with Gasteiger partial charge in [0.1, 0.15) is 0 Å². The third-order valence-electron chi connectivity index (χ3n) is 3.64. The average Bonchev–Trinajstić information content (AvgIpc) is 2.90. The summed E-state index contributed by atoms with van der Waals surface area (Å²) in [6.45, 7) is 4.54. The van der Waals surface area contributed by atoms with Crippen LogP contribution in [-0.4, -0.2) is 10.7 Å². The van der Waals surface area contributed by atoms with E-state index in [4.69, 9.17) is 0 Å². The van der Waals surface area contributed by atoms with Crippen LogP contribution in [0.15, 0.2) is 0 Å². The Morgan fingerprint density at radius 3 is 2.36 bits per heavy atom. The van der Waals surface area contributed by atoms with Gasteiger partial charge in [-0.1, -0.05) is 46.0 Å². The molecule has 0 amide bonds. The molecule has 0 bridgehead atoms. The summed E-state index contributed by atoms with van der Waals surface area (Å²) >= 11 is 0. The SMILES string of the molecule is CCCCCC(CC)CCC1(O)CC1. The average molecular weight is 198 g/mol. The predicted molar refractivity (Wildman–Crippen MR) is 61.3 cm³/mol. The molecule has 0 saturated heterocycles. The lowest BCUT2D eigenvalue weighted by Gasteiger charge is -2.16. The summed E-state index contributed by atoms with van der Waals surface area (Å²) in [6.07, 6.45) is 11.2. The van der Waals surface area contributed by atoms with E-state index in [0.717, 1.165) is 25.2 Å². The summed E-state index contributed by atoms with van der Waals surface area (Å²) in [5.74, 6) is 0.867. The van der Waals surface area contributed by atoms with Gasteiger partial charge in [0, 0.05) is 0 Å². The molecule has 0 spiro atoms. The van der Waals surface area contributed by atoms with Crippen molar-refractivity contribution in [2.45, 2.75) is 77.2 Å². The Balaban J connectivity index is 2.05. The molecule has 1 atom stereocenters. The van der Waals surface area contributed by atoms with Crippen LogP contribution in [0.4, 0.5) is 0 Å². The third-order valence-corrected chi connectivity index (χ3v) is 3.64. The molecule has 0 aromatic rings. The monoisotopic (exact) mass is 198 g/mol. The van der Waals surface area contributed by atoms with Crippen molar-refractivity contribution in [3.05, 3.63) is 0 Å². The van der Waals surface area contributed by atoms with Gasteiger partial charge in [-0.25, -0.2) is 0 Å². The Labute approximate surface area is 88.9 Å². The molecule has 1 aliphatic rings. The maximum atomic E-state index is 9.74. The molecule has 0 heterocycles. The highest BCUT2D eigenvalue weighted by Crippen LogP contribution is 2.40. The van der Waals surface area contributed by atoms with Crippen molar-refractivity contribution >= 4 is 0 Å². The highest BCUT2D eigenvalue weighted by atomic mass is 16.3. The second kappa shape index (κ2) is 5.75. The standard InChI is InChI=1S/C13H26O/c1-3-5-6-7-12(4-2)8-9-13(14)10-11-13/h12,14H,3-11H2,1-2H3. The molecule has 1 rings (SSSR count). The minimum Gasteiger partial charge on any atom is -0.390 e. The van der Waals surface area contributed by atoms with E-state index in [-0.39, 0.29) is 5.60 Å². The molecule has 0 aliphatic heterocycles. The van der Waals surface area contributed by atoms with Crippen LogP contribution in [0.3, 0.4) is 0 Å². The lowest BCUT2D eigenvalue weighted by molar-refractivity contribution is 0.129. The molecule has 0 aromatic carbocycles. The molecular formula is C13H26O. The first-order valence-electron chi connectivity index (χ1n) is 6.42. The van der Waals surface area contributed by atoms with Crippen LogP contribution in [0.2, 0.25) is 0 Å². The van der Waals surface area contributed by atoms with Crippen LogP contribution in [0.5, 0.6) is 0 Å². The summed E-state index contributed by atoms with van der Waals surface area (Å²) in [5, 5.41) is 9.74. The van der Waals surface area contributed by atoms with Gasteiger partial charge in [-0.15, -0.1) is 0 Å². The van der Waals surface area contributed by atoms with E-state index in [1.54, 1.807) is 0 Å². The van der Waals surface area contributed by atoms with Crippen molar-refractivity contribution in [1.82, 2.24) is 0 Å². The van der Waals surface area contributed by atoms with E-state index in [1.807, 2.05) is 0 Å². The summed E-state index contributed by atoms with van der Waals surface area (Å²) < 4.78 is 0. The highest BCUT2D eigenvalue weighted by molar-refractivity contribution is 4.93. The van der Waals surface area contributed by atoms with E-state index >= 15 is 0 Å². The number of rotatable bonds is 8. The molecular weight excluding hydrogens is 172 g/mol. The van der Waals surface area contributed by atoms with Gasteiger partial charge in [0.2, 0.25) is 0 Å². The molecule has 1 unspecified atom stereocenters.